The van der Waals surface area contributed by atoms with Crippen molar-refractivity contribution in [3.8, 4) is 0 Å². The molecule has 22 heavy (non-hydrogen) atoms. The fraction of sp³-hybridized carbons (Fsp3) is 0.400. The maximum Gasteiger partial charge on any atom is 0.327 e. The lowest BCUT2D eigenvalue weighted by atomic mass is 10.1. The number of nitrogens with one attached hydrogen (secondary N) is 2. The van der Waals surface area contributed by atoms with Crippen molar-refractivity contribution in [2.75, 3.05) is 11.1 Å². The highest BCUT2D eigenvalue weighted by Crippen LogP contribution is 2.22. The van der Waals surface area contributed by atoms with E-state index in [1.165, 1.54) is 17.3 Å². The zero-order valence-electron chi connectivity index (χ0n) is 12.2. The number of anilines is 1. The SMILES string of the molecule is CCc1ccc(NC(=O)C[C@H]2SC[C@@H](C(=O)O)NC2=O)cc1. The molecule has 0 bridgehead atoms. The van der Waals surface area contributed by atoms with Crippen LogP contribution in [0.3, 0.4) is 0 Å². The molecule has 1 fully saturated rings. The Morgan fingerprint density at radius 2 is 2.05 bits per heavy atom. The van der Waals surface area contributed by atoms with Gasteiger partial charge < -0.3 is 15.7 Å². The molecular weight excluding hydrogens is 304 g/mol. The largest absolute Gasteiger partial charge is 0.480 e. The van der Waals surface area contributed by atoms with Crippen molar-refractivity contribution in [3.63, 3.8) is 0 Å². The lowest BCUT2D eigenvalue weighted by molar-refractivity contribution is -0.141. The van der Waals surface area contributed by atoms with E-state index in [0.717, 1.165) is 6.42 Å². The molecule has 118 valence electrons. The second kappa shape index (κ2) is 7.31. The zero-order valence-corrected chi connectivity index (χ0v) is 13.0. The summed E-state index contributed by atoms with van der Waals surface area (Å²) in [6.45, 7) is 2.05. The number of amides is 2. The monoisotopic (exact) mass is 322 g/mol. The van der Waals surface area contributed by atoms with Crippen molar-refractivity contribution < 1.29 is 19.5 Å². The van der Waals surface area contributed by atoms with E-state index in [0.29, 0.717) is 5.69 Å². The summed E-state index contributed by atoms with van der Waals surface area (Å²) in [6, 6.07) is 6.65. The van der Waals surface area contributed by atoms with Gasteiger partial charge in [-0.25, -0.2) is 4.79 Å². The molecule has 1 saturated heterocycles. The number of benzene rings is 1. The van der Waals surface area contributed by atoms with Gasteiger partial charge in [-0.05, 0) is 24.1 Å². The molecule has 1 heterocycles. The van der Waals surface area contributed by atoms with Crippen LogP contribution < -0.4 is 10.6 Å². The van der Waals surface area contributed by atoms with Gasteiger partial charge in [-0.1, -0.05) is 19.1 Å². The Bertz CT molecular complexity index is 573. The number of aryl methyl sites for hydroxylation is 1. The molecule has 0 aliphatic carbocycles. The van der Waals surface area contributed by atoms with Gasteiger partial charge in [0.2, 0.25) is 11.8 Å². The number of hydrogen-bond donors (Lipinski definition) is 3. The summed E-state index contributed by atoms with van der Waals surface area (Å²) in [5.74, 6) is -1.45. The van der Waals surface area contributed by atoms with Crippen molar-refractivity contribution in [1.82, 2.24) is 5.32 Å². The predicted molar refractivity (Wildman–Crippen MR) is 84.9 cm³/mol. The highest BCUT2D eigenvalue weighted by atomic mass is 32.2. The third-order valence-electron chi connectivity index (χ3n) is 3.39. The number of carbonyl (C=O) groups is 3. The van der Waals surface area contributed by atoms with Crippen LogP contribution in [0.2, 0.25) is 0 Å². The second-order valence-electron chi connectivity index (χ2n) is 5.02. The van der Waals surface area contributed by atoms with Gasteiger partial charge in [0.05, 0.1) is 5.25 Å². The molecule has 1 aliphatic rings. The molecule has 2 amide bonds. The van der Waals surface area contributed by atoms with Crippen molar-refractivity contribution in [1.29, 1.82) is 0 Å². The van der Waals surface area contributed by atoms with Crippen LogP contribution in [-0.2, 0) is 20.8 Å². The van der Waals surface area contributed by atoms with Gasteiger partial charge >= 0.3 is 5.97 Å². The maximum absolute atomic E-state index is 12.0. The molecule has 2 rings (SSSR count). The van der Waals surface area contributed by atoms with E-state index in [4.69, 9.17) is 5.11 Å². The number of rotatable bonds is 5. The van der Waals surface area contributed by atoms with Gasteiger partial charge in [0.15, 0.2) is 0 Å². The molecule has 1 aliphatic heterocycles. The van der Waals surface area contributed by atoms with Crippen molar-refractivity contribution in [2.45, 2.75) is 31.1 Å². The minimum Gasteiger partial charge on any atom is -0.480 e. The zero-order chi connectivity index (χ0) is 16.1. The lowest BCUT2D eigenvalue weighted by Crippen LogP contribution is -2.51. The quantitative estimate of drug-likeness (QED) is 0.758. The molecule has 1 aromatic rings. The van der Waals surface area contributed by atoms with Crippen LogP contribution in [0.25, 0.3) is 0 Å². The predicted octanol–water partition coefficient (Wildman–Crippen LogP) is 1.26. The third kappa shape index (κ3) is 4.24. The lowest BCUT2D eigenvalue weighted by Gasteiger charge is -2.25. The summed E-state index contributed by atoms with van der Waals surface area (Å²) in [5.41, 5.74) is 1.87. The van der Waals surface area contributed by atoms with Crippen LogP contribution >= 0.6 is 11.8 Å². The number of aliphatic carboxylic acids is 1. The first-order valence-corrected chi connectivity index (χ1v) is 8.08. The molecule has 0 saturated carbocycles. The highest BCUT2D eigenvalue weighted by Gasteiger charge is 2.33. The summed E-state index contributed by atoms with van der Waals surface area (Å²) < 4.78 is 0. The Balaban J connectivity index is 1.86. The number of hydrogen-bond acceptors (Lipinski definition) is 4. The van der Waals surface area contributed by atoms with Crippen LogP contribution in [0.5, 0.6) is 0 Å². The van der Waals surface area contributed by atoms with Gasteiger partial charge in [-0.2, -0.15) is 0 Å². The smallest absolute Gasteiger partial charge is 0.327 e. The summed E-state index contributed by atoms with van der Waals surface area (Å²) in [4.78, 5) is 34.6. The summed E-state index contributed by atoms with van der Waals surface area (Å²) in [7, 11) is 0. The van der Waals surface area contributed by atoms with Crippen molar-refractivity contribution in [3.05, 3.63) is 29.8 Å². The molecule has 2 atom stereocenters. The number of carboxylic acid groups (broad SMARTS) is 1. The van der Waals surface area contributed by atoms with Gasteiger partial charge in [0.25, 0.3) is 0 Å². The molecule has 6 nitrogen and oxygen atoms in total. The number of thioether (sulfide) groups is 1. The van der Waals surface area contributed by atoms with E-state index in [1.807, 2.05) is 24.3 Å². The van der Waals surface area contributed by atoms with Crippen molar-refractivity contribution >= 4 is 35.2 Å². The van der Waals surface area contributed by atoms with Crippen LogP contribution in [0.1, 0.15) is 18.9 Å². The van der Waals surface area contributed by atoms with Crippen LogP contribution in [-0.4, -0.2) is 39.9 Å². The topological polar surface area (TPSA) is 95.5 Å². The number of carbonyl (C=O) groups excluding carboxylic acids is 2. The first-order valence-electron chi connectivity index (χ1n) is 7.03. The molecule has 7 heteroatoms. The molecule has 0 aromatic heterocycles. The van der Waals surface area contributed by atoms with E-state index in [1.54, 1.807) is 0 Å². The van der Waals surface area contributed by atoms with Crippen molar-refractivity contribution in [2.24, 2.45) is 0 Å². The fourth-order valence-corrected chi connectivity index (χ4v) is 3.22. The molecule has 0 spiro atoms. The summed E-state index contributed by atoms with van der Waals surface area (Å²) in [6.07, 6.45) is 0.955. The molecule has 3 N–H and O–H groups in total. The van der Waals surface area contributed by atoms with Gasteiger partial charge in [0, 0.05) is 17.9 Å². The van der Waals surface area contributed by atoms with E-state index in [9.17, 15) is 14.4 Å². The fourth-order valence-electron chi connectivity index (χ4n) is 2.08. The summed E-state index contributed by atoms with van der Waals surface area (Å²) >= 11 is 1.20. The van der Waals surface area contributed by atoms with E-state index < -0.39 is 23.2 Å². The van der Waals surface area contributed by atoms with Crippen LogP contribution in [0, 0.1) is 0 Å². The molecule has 0 radical (unpaired) electrons. The highest BCUT2D eigenvalue weighted by molar-refractivity contribution is 8.00. The van der Waals surface area contributed by atoms with E-state index in [-0.39, 0.29) is 18.1 Å². The molecular formula is C15H18N2O4S. The average Bonchev–Trinajstić information content (AvgIpc) is 2.50. The second-order valence-corrected chi connectivity index (χ2v) is 6.26. The third-order valence-corrected chi connectivity index (χ3v) is 4.70. The minimum atomic E-state index is -1.06. The Labute approximate surface area is 132 Å². The van der Waals surface area contributed by atoms with Gasteiger partial charge in [0.1, 0.15) is 6.04 Å². The number of carboxylic acids is 1. The van der Waals surface area contributed by atoms with Gasteiger partial charge in [-0.15, -0.1) is 11.8 Å². The Hall–Kier alpha value is -2.02. The van der Waals surface area contributed by atoms with Gasteiger partial charge in [-0.3, -0.25) is 9.59 Å². The molecule has 1 aromatic carbocycles. The standard InChI is InChI=1S/C15H18N2O4S/c1-2-9-3-5-10(6-4-9)16-13(18)7-12-14(19)17-11(8-22-12)15(20)21/h3-6,11-12H,2,7-8H2,1H3,(H,16,18)(H,17,19)(H,20,21)/t11-,12+/m0/s1. The van der Waals surface area contributed by atoms with E-state index in [2.05, 4.69) is 17.6 Å². The Morgan fingerprint density at radius 1 is 1.36 bits per heavy atom. The van der Waals surface area contributed by atoms with E-state index >= 15 is 0 Å². The first-order chi connectivity index (χ1) is 10.5. The molecule has 0 unspecified atom stereocenters. The van der Waals surface area contributed by atoms with Crippen LogP contribution in [0.4, 0.5) is 5.69 Å². The average molecular weight is 322 g/mol. The first kappa shape index (κ1) is 16.4. The summed E-state index contributed by atoms with van der Waals surface area (Å²) in [5, 5.41) is 13.5. The Kier molecular flexibility index (Phi) is 5.43. The minimum absolute atomic E-state index is 0.0262. The Morgan fingerprint density at radius 3 is 2.59 bits per heavy atom. The normalized spacial score (nSPS) is 21.0. The van der Waals surface area contributed by atoms with Crippen LogP contribution in [0.15, 0.2) is 24.3 Å². The maximum atomic E-state index is 12.0.